The molecule has 3 aromatic heterocycles. The van der Waals surface area contributed by atoms with Crippen molar-refractivity contribution in [1.29, 1.82) is 0 Å². The number of aromatic nitrogens is 3. The number of ether oxygens (including phenoxy) is 1. The van der Waals surface area contributed by atoms with Crippen LogP contribution >= 0.6 is 0 Å². The molecule has 1 aromatic carbocycles. The van der Waals surface area contributed by atoms with Crippen LogP contribution in [0.4, 0.5) is 0 Å². The van der Waals surface area contributed by atoms with Gasteiger partial charge in [0.25, 0.3) is 5.56 Å². The molecule has 0 amide bonds. The Bertz CT molecular complexity index is 1210. The highest BCUT2D eigenvalue weighted by molar-refractivity contribution is 6.07. The monoisotopic (exact) mass is 363 g/mol. The zero-order chi connectivity index (χ0) is 19.0. The molecule has 27 heavy (non-hydrogen) atoms. The summed E-state index contributed by atoms with van der Waals surface area (Å²) in [6, 6.07) is 9.45. The number of carboxylic acid groups (broad SMARTS) is 1. The summed E-state index contributed by atoms with van der Waals surface area (Å²) in [5.74, 6) is -0.337. The number of nitrogens with zero attached hydrogens (tertiary/aromatic N) is 1. The molecule has 7 nitrogen and oxygen atoms in total. The van der Waals surface area contributed by atoms with E-state index in [1.165, 1.54) is 0 Å². The second-order valence-corrected chi connectivity index (χ2v) is 6.26. The number of fused-ring (bicyclic) bond motifs is 3. The van der Waals surface area contributed by atoms with Crippen molar-refractivity contribution in [2.24, 2.45) is 0 Å². The van der Waals surface area contributed by atoms with E-state index in [-0.39, 0.29) is 12.0 Å². The molecule has 4 aromatic rings. The fraction of sp³-hybridized carbons (Fsp3) is 0.150. The Labute approximate surface area is 153 Å². The highest BCUT2D eigenvalue weighted by Crippen LogP contribution is 2.30. The molecule has 0 saturated heterocycles. The maximum Gasteiger partial charge on any atom is 0.303 e. The van der Waals surface area contributed by atoms with Crippen molar-refractivity contribution in [3.63, 3.8) is 0 Å². The van der Waals surface area contributed by atoms with Crippen LogP contribution < -0.4 is 10.3 Å². The zero-order valence-corrected chi connectivity index (χ0v) is 14.6. The Balaban J connectivity index is 1.91. The molecule has 0 saturated carbocycles. The Hall–Kier alpha value is -3.61. The minimum absolute atomic E-state index is 0.00331. The lowest BCUT2D eigenvalue weighted by atomic mass is 10.00. The van der Waals surface area contributed by atoms with Gasteiger partial charge in [-0.15, -0.1) is 0 Å². The van der Waals surface area contributed by atoms with E-state index in [0.717, 1.165) is 27.5 Å². The van der Waals surface area contributed by atoms with E-state index in [9.17, 15) is 9.59 Å². The second-order valence-electron chi connectivity index (χ2n) is 6.26. The molecule has 3 heterocycles. The minimum Gasteiger partial charge on any atom is -0.481 e. The first-order chi connectivity index (χ1) is 13.1. The number of aliphatic carboxylic acids is 1. The third-order valence-electron chi connectivity index (χ3n) is 4.61. The van der Waals surface area contributed by atoms with Gasteiger partial charge in [-0.3, -0.25) is 9.59 Å². The molecule has 0 spiro atoms. The summed E-state index contributed by atoms with van der Waals surface area (Å²) in [6.45, 7) is 0. The number of H-pyrrole nitrogens is 2. The van der Waals surface area contributed by atoms with Crippen LogP contribution in [-0.4, -0.2) is 33.1 Å². The quantitative estimate of drug-likeness (QED) is 0.505. The normalized spacial score (nSPS) is 11.1. The van der Waals surface area contributed by atoms with Gasteiger partial charge >= 0.3 is 5.97 Å². The van der Waals surface area contributed by atoms with Crippen molar-refractivity contribution in [3.8, 4) is 17.0 Å². The van der Waals surface area contributed by atoms with Crippen molar-refractivity contribution in [2.75, 3.05) is 7.11 Å². The van der Waals surface area contributed by atoms with Crippen LogP contribution in [-0.2, 0) is 11.2 Å². The minimum atomic E-state index is -0.872. The van der Waals surface area contributed by atoms with Crippen molar-refractivity contribution in [3.05, 3.63) is 58.6 Å². The van der Waals surface area contributed by atoms with Gasteiger partial charge in [-0.1, -0.05) is 6.07 Å². The number of aryl methyl sites for hydroxylation is 1. The number of benzene rings is 1. The molecule has 0 unspecified atom stereocenters. The van der Waals surface area contributed by atoms with E-state index in [2.05, 4.69) is 15.0 Å². The Morgan fingerprint density at radius 3 is 2.74 bits per heavy atom. The highest BCUT2D eigenvalue weighted by Gasteiger charge is 2.13. The number of pyridine rings is 2. The van der Waals surface area contributed by atoms with Gasteiger partial charge in [0.2, 0.25) is 5.88 Å². The van der Waals surface area contributed by atoms with Crippen LogP contribution in [0.2, 0.25) is 0 Å². The molecule has 4 rings (SSSR count). The molecule has 0 radical (unpaired) electrons. The van der Waals surface area contributed by atoms with Gasteiger partial charge in [0.05, 0.1) is 7.11 Å². The van der Waals surface area contributed by atoms with Crippen molar-refractivity contribution < 1.29 is 14.6 Å². The van der Waals surface area contributed by atoms with Crippen molar-refractivity contribution in [1.82, 2.24) is 15.0 Å². The number of carbonyl (C=O) groups is 1. The molecular weight excluding hydrogens is 346 g/mol. The van der Waals surface area contributed by atoms with E-state index in [1.54, 1.807) is 25.6 Å². The van der Waals surface area contributed by atoms with Gasteiger partial charge in [0.1, 0.15) is 5.52 Å². The number of methoxy groups -OCH3 is 1. The van der Waals surface area contributed by atoms with Crippen LogP contribution in [0.5, 0.6) is 5.88 Å². The Morgan fingerprint density at radius 1 is 1.22 bits per heavy atom. The Morgan fingerprint density at radius 2 is 2.04 bits per heavy atom. The van der Waals surface area contributed by atoms with E-state index in [1.807, 2.05) is 24.3 Å². The third kappa shape index (κ3) is 3.03. The fourth-order valence-corrected chi connectivity index (χ4v) is 3.29. The average Bonchev–Trinajstić information content (AvgIpc) is 3.11. The number of hydrogen-bond acceptors (Lipinski definition) is 4. The number of rotatable bonds is 5. The van der Waals surface area contributed by atoms with Crippen molar-refractivity contribution >= 4 is 27.8 Å². The zero-order valence-electron chi connectivity index (χ0n) is 14.6. The second kappa shape index (κ2) is 6.60. The number of nitrogens with one attached hydrogen (secondary N) is 2. The van der Waals surface area contributed by atoms with E-state index in [4.69, 9.17) is 9.84 Å². The van der Waals surface area contributed by atoms with Crippen molar-refractivity contribution in [2.45, 2.75) is 12.8 Å². The van der Waals surface area contributed by atoms with Crippen LogP contribution in [0, 0.1) is 0 Å². The summed E-state index contributed by atoms with van der Waals surface area (Å²) in [7, 11) is 1.57. The summed E-state index contributed by atoms with van der Waals surface area (Å²) in [5, 5.41) is 10.6. The summed E-state index contributed by atoms with van der Waals surface area (Å²) in [6.07, 6.45) is 3.79. The molecule has 7 heteroatoms. The lowest BCUT2D eigenvalue weighted by Gasteiger charge is -2.07. The smallest absolute Gasteiger partial charge is 0.303 e. The number of aromatic amines is 2. The molecular formula is C20H17N3O4. The first-order valence-corrected chi connectivity index (χ1v) is 8.45. The topological polar surface area (TPSA) is 108 Å². The molecule has 136 valence electrons. The van der Waals surface area contributed by atoms with E-state index in [0.29, 0.717) is 23.3 Å². The molecule has 0 bridgehead atoms. The summed E-state index contributed by atoms with van der Waals surface area (Å²) in [4.78, 5) is 33.4. The van der Waals surface area contributed by atoms with E-state index < -0.39 is 5.97 Å². The largest absolute Gasteiger partial charge is 0.481 e. The average molecular weight is 363 g/mol. The molecule has 0 aliphatic heterocycles. The lowest BCUT2D eigenvalue weighted by Crippen LogP contribution is -2.06. The van der Waals surface area contributed by atoms with Crippen LogP contribution in [0.3, 0.4) is 0 Å². The molecule has 0 atom stereocenters. The molecule has 0 fully saturated rings. The molecule has 3 N–H and O–H groups in total. The number of hydrogen-bond donors (Lipinski definition) is 3. The molecule has 0 aliphatic carbocycles. The SMILES string of the molecule is COc1ccc(-c2ccc3[nH]c(=O)c4[nH]cc(CCC(=O)O)c4c3c2)cn1. The number of carboxylic acids is 1. The van der Waals surface area contributed by atoms with E-state index >= 15 is 0 Å². The van der Waals surface area contributed by atoms with Crippen LogP contribution in [0.1, 0.15) is 12.0 Å². The van der Waals surface area contributed by atoms with Gasteiger partial charge in [-0.05, 0) is 35.7 Å². The van der Waals surface area contributed by atoms with Gasteiger partial charge < -0.3 is 19.8 Å². The first-order valence-electron chi connectivity index (χ1n) is 8.45. The van der Waals surface area contributed by atoms with Gasteiger partial charge in [0, 0.05) is 46.7 Å². The van der Waals surface area contributed by atoms with Crippen LogP contribution in [0.15, 0.2) is 47.5 Å². The summed E-state index contributed by atoms with van der Waals surface area (Å²) < 4.78 is 5.09. The van der Waals surface area contributed by atoms with Crippen LogP contribution in [0.25, 0.3) is 32.9 Å². The predicted molar refractivity (Wildman–Crippen MR) is 102 cm³/mol. The third-order valence-corrected chi connectivity index (χ3v) is 4.61. The van der Waals surface area contributed by atoms with Gasteiger partial charge in [0.15, 0.2) is 0 Å². The predicted octanol–water partition coefficient (Wildman–Crippen LogP) is 3.10. The van der Waals surface area contributed by atoms with Gasteiger partial charge in [-0.25, -0.2) is 4.98 Å². The lowest BCUT2D eigenvalue weighted by molar-refractivity contribution is -0.136. The maximum absolute atomic E-state index is 12.3. The fourth-order valence-electron chi connectivity index (χ4n) is 3.29. The Kier molecular flexibility index (Phi) is 4.12. The summed E-state index contributed by atoms with van der Waals surface area (Å²) in [5.41, 5.74) is 3.60. The standard InChI is InChI=1S/C20H17N3O4/c1-27-16-6-3-12(9-21-16)11-2-5-15-14(8-11)18-13(4-7-17(24)25)10-22-19(18)20(26)23-15/h2-3,5-6,8-10,22H,4,7H2,1H3,(H,23,26)(H,24,25). The molecule has 0 aliphatic rings. The summed E-state index contributed by atoms with van der Waals surface area (Å²) >= 11 is 0. The highest BCUT2D eigenvalue weighted by atomic mass is 16.5. The first kappa shape index (κ1) is 16.8. The van der Waals surface area contributed by atoms with Gasteiger partial charge in [-0.2, -0.15) is 0 Å². The maximum atomic E-state index is 12.3.